The second-order valence-corrected chi connectivity index (χ2v) is 5.18. The normalized spacial score (nSPS) is 21.6. The molecular weight excluding hydrogens is 224 g/mol. The van der Waals surface area contributed by atoms with Crippen molar-refractivity contribution >= 4 is 5.82 Å². The molecule has 100 valence electrons. The largest absolute Gasteiger partial charge is 0.367 e. The molecule has 18 heavy (non-hydrogen) atoms. The van der Waals surface area contributed by atoms with Gasteiger partial charge < -0.3 is 10.6 Å². The van der Waals surface area contributed by atoms with Gasteiger partial charge in [0.15, 0.2) is 0 Å². The van der Waals surface area contributed by atoms with Crippen LogP contribution in [0.4, 0.5) is 5.82 Å². The molecule has 1 aliphatic heterocycles. The number of rotatable bonds is 4. The smallest absolute Gasteiger partial charge is 0.130 e. The number of nitrogens with zero attached hydrogens (tertiary/aromatic N) is 2. The number of piperidine rings is 1. The first-order chi connectivity index (χ1) is 8.69. The molecule has 1 aromatic rings. The zero-order valence-corrected chi connectivity index (χ0v) is 11.7. The Labute approximate surface area is 110 Å². The molecule has 0 spiro atoms. The average molecular weight is 248 g/mol. The van der Waals surface area contributed by atoms with Gasteiger partial charge in [0.1, 0.15) is 11.6 Å². The minimum absolute atomic E-state index is 0.455. The predicted octanol–water partition coefficient (Wildman–Crippen LogP) is 2.15. The topological polar surface area (TPSA) is 49.8 Å². The zero-order chi connectivity index (χ0) is 13.0. The van der Waals surface area contributed by atoms with Crippen LogP contribution in [-0.4, -0.2) is 29.1 Å². The summed E-state index contributed by atoms with van der Waals surface area (Å²) in [6, 6.07) is 2.52. The molecule has 0 aliphatic carbocycles. The quantitative estimate of drug-likeness (QED) is 0.857. The first-order valence-corrected chi connectivity index (χ1v) is 7.01. The molecule has 2 atom stereocenters. The van der Waals surface area contributed by atoms with Crippen LogP contribution >= 0.6 is 0 Å². The number of nitrogens with one attached hydrogen (secondary N) is 2. The summed E-state index contributed by atoms with van der Waals surface area (Å²) in [4.78, 5) is 8.88. The molecule has 2 N–H and O–H groups in total. The van der Waals surface area contributed by atoms with Gasteiger partial charge in [-0.1, -0.05) is 6.92 Å². The maximum Gasteiger partial charge on any atom is 0.130 e. The van der Waals surface area contributed by atoms with E-state index >= 15 is 0 Å². The van der Waals surface area contributed by atoms with Crippen LogP contribution in [0.2, 0.25) is 0 Å². The van der Waals surface area contributed by atoms with Crippen LogP contribution in [0.3, 0.4) is 0 Å². The number of aromatic nitrogens is 2. The van der Waals surface area contributed by atoms with Crippen molar-refractivity contribution in [3.05, 3.63) is 17.6 Å². The third-order valence-corrected chi connectivity index (χ3v) is 3.67. The first kappa shape index (κ1) is 13.3. The second kappa shape index (κ2) is 6.14. The second-order valence-electron chi connectivity index (χ2n) is 5.18. The molecule has 4 nitrogen and oxygen atoms in total. The first-order valence-electron chi connectivity index (χ1n) is 7.01. The number of aryl methyl sites for hydroxylation is 2. The molecule has 2 rings (SSSR count). The van der Waals surface area contributed by atoms with Gasteiger partial charge in [0.2, 0.25) is 0 Å². The van der Waals surface area contributed by atoms with Crippen molar-refractivity contribution in [1.29, 1.82) is 0 Å². The molecule has 1 aromatic heterocycles. The lowest BCUT2D eigenvalue weighted by Crippen LogP contribution is -2.39. The zero-order valence-electron chi connectivity index (χ0n) is 11.7. The van der Waals surface area contributed by atoms with E-state index in [0.29, 0.717) is 12.0 Å². The van der Waals surface area contributed by atoms with E-state index in [1.54, 1.807) is 0 Å². The summed E-state index contributed by atoms with van der Waals surface area (Å²) in [5, 5.41) is 7.00. The van der Waals surface area contributed by atoms with Crippen LogP contribution in [0, 0.1) is 12.8 Å². The van der Waals surface area contributed by atoms with Crippen LogP contribution in [0.5, 0.6) is 0 Å². The molecule has 2 heterocycles. The molecule has 0 saturated carbocycles. The fraction of sp³-hybridized carbons (Fsp3) is 0.714. The Morgan fingerprint density at radius 2 is 2.33 bits per heavy atom. The maximum absolute atomic E-state index is 4.47. The monoisotopic (exact) mass is 248 g/mol. The summed E-state index contributed by atoms with van der Waals surface area (Å²) in [6.45, 7) is 8.60. The Hall–Kier alpha value is -1.16. The van der Waals surface area contributed by atoms with Crippen molar-refractivity contribution in [2.75, 3.05) is 18.4 Å². The Morgan fingerprint density at radius 1 is 1.50 bits per heavy atom. The highest BCUT2D eigenvalue weighted by Gasteiger charge is 2.20. The molecular formula is C14H24N4. The van der Waals surface area contributed by atoms with Crippen LogP contribution in [0.25, 0.3) is 0 Å². The Balaban J connectivity index is 2.01. The minimum Gasteiger partial charge on any atom is -0.367 e. The summed E-state index contributed by atoms with van der Waals surface area (Å²) in [6.07, 6.45) is 3.53. The molecule has 0 aromatic carbocycles. The van der Waals surface area contributed by atoms with Gasteiger partial charge in [-0.05, 0) is 52.1 Å². The molecule has 0 radical (unpaired) electrons. The molecule has 1 aliphatic rings. The summed E-state index contributed by atoms with van der Waals surface area (Å²) in [5.74, 6) is 2.52. The lowest BCUT2D eigenvalue weighted by Gasteiger charge is -2.29. The molecule has 2 unspecified atom stereocenters. The van der Waals surface area contributed by atoms with Crippen molar-refractivity contribution in [3.8, 4) is 0 Å². The van der Waals surface area contributed by atoms with E-state index in [1.807, 2.05) is 6.92 Å². The van der Waals surface area contributed by atoms with E-state index in [-0.39, 0.29) is 0 Å². The average Bonchev–Trinajstić information content (AvgIpc) is 2.39. The van der Waals surface area contributed by atoms with Gasteiger partial charge in [0.25, 0.3) is 0 Å². The van der Waals surface area contributed by atoms with E-state index in [1.165, 1.54) is 12.8 Å². The third-order valence-electron chi connectivity index (χ3n) is 3.67. The van der Waals surface area contributed by atoms with Gasteiger partial charge in [-0.25, -0.2) is 9.97 Å². The lowest BCUT2D eigenvalue weighted by molar-refractivity contribution is 0.346. The fourth-order valence-corrected chi connectivity index (χ4v) is 2.54. The van der Waals surface area contributed by atoms with Crippen LogP contribution in [0.1, 0.15) is 38.2 Å². The highest BCUT2D eigenvalue weighted by atomic mass is 15.1. The van der Waals surface area contributed by atoms with Gasteiger partial charge in [0.05, 0.1) is 0 Å². The Bertz CT molecular complexity index is 385. The molecule has 1 fully saturated rings. The fourth-order valence-electron chi connectivity index (χ4n) is 2.54. The summed E-state index contributed by atoms with van der Waals surface area (Å²) >= 11 is 0. The maximum atomic E-state index is 4.47. The summed E-state index contributed by atoms with van der Waals surface area (Å²) in [7, 11) is 0. The van der Waals surface area contributed by atoms with Crippen molar-refractivity contribution in [2.45, 2.75) is 46.1 Å². The standard InChI is InChI=1S/C14H24N4/c1-4-13-8-14(18-11(3)17-13)16-10(2)12-6-5-7-15-9-12/h8,10,12,15H,4-7,9H2,1-3H3,(H,16,17,18). The number of hydrogen-bond donors (Lipinski definition) is 2. The predicted molar refractivity (Wildman–Crippen MR) is 74.8 cm³/mol. The molecule has 0 amide bonds. The summed E-state index contributed by atoms with van der Waals surface area (Å²) in [5.41, 5.74) is 1.11. The Kier molecular flexibility index (Phi) is 4.53. The minimum atomic E-state index is 0.455. The van der Waals surface area contributed by atoms with Gasteiger partial charge in [-0.3, -0.25) is 0 Å². The van der Waals surface area contributed by atoms with Gasteiger partial charge in [0, 0.05) is 17.8 Å². The highest BCUT2D eigenvalue weighted by molar-refractivity contribution is 5.37. The SMILES string of the molecule is CCc1cc(NC(C)C2CCCNC2)nc(C)n1. The van der Waals surface area contributed by atoms with Gasteiger partial charge >= 0.3 is 0 Å². The van der Waals surface area contributed by atoms with Crippen molar-refractivity contribution in [3.63, 3.8) is 0 Å². The van der Waals surface area contributed by atoms with Gasteiger partial charge in [-0.15, -0.1) is 0 Å². The number of anilines is 1. The van der Waals surface area contributed by atoms with E-state index in [4.69, 9.17) is 0 Å². The van der Waals surface area contributed by atoms with E-state index in [9.17, 15) is 0 Å². The van der Waals surface area contributed by atoms with Crippen molar-refractivity contribution in [1.82, 2.24) is 15.3 Å². The van der Waals surface area contributed by atoms with Crippen LogP contribution < -0.4 is 10.6 Å². The Morgan fingerprint density at radius 3 is 3.00 bits per heavy atom. The molecule has 4 heteroatoms. The number of hydrogen-bond acceptors (Lipinski definition) is 4. The molecule has 0 bridgehead atoms. The van der Waals surface area contributed by atoms with Crippen molar-refractivity contribution in [2.24, 2.45) is 5.92 Å². The highest BCUT2D eigenvalue weighted by Crippen LogP contribution is 2.18. The summed E-state index contributed by atoms with van der Waals surface area (Å²) < 4.78 is 0. The van der Waals surface area contributed by atoms with Crippen LogP contribution in [-0.2, 0) is 6.42 Å². The molecule has 1 saturated heterocycles. The van der Waals surface area contributed by atoms with E-state index < -0.39 is 0 Å². The van der Waals surface area contributed by atoms with E-state index in [2.05, 4.69) is 40.5 Å². The van der Waals surface area contributed by atoms with Gasteiger partial charge in [-0.2, -0.15) is 0 Å². The van der Waals surface area contributed by atoms with Crippen LogP contribution in [0.15, 0.2) is 6.07 Å². The van der Waals surface area contributed by atoms with Crippen molar-refractivity contribution < 1.29 is 0 Å². The third kappa shape index (κ3) is 3.42. The lowest BCUT2D eigenvalue weighted by atomic mass is 9.93. The van der Waals surface area contributed by atoms with E-state index in [0.717, 1.165) is 36.8 Å².